The molecule has 3 heterocycles. The fourth-order valence-electron chi connectivity index (χ4n) is 2.62. The van der Waals surface area contributed by atoms with Crippen LogP contribution in [0, 0.1) is 5.92 Å². The molecule has 1 atom stereocenters. The second-order valence-corrected chi connectivity index (χ2v) is 7.07. The Kier molecular flexibility index (Phi) is 4.95. The zero-order valence-corrected chi connectivity index (χ0v) is 13.6. The summed E-state index contributed by atoms with van der Waals surface area (Å²) in [6, 6.07) is 7.26. The summed E-state index contributed by atoms with van der Waals surface area (Å²) in [6.45, 7) is 2.17. The maximum Gasteiger partial charge on any atom is 0.263 e. The number of hydrogen-bond acceptors (Lipinski definition) is 4. The van der Waals surface area contributed by atoms with Crippen LogP contribution in [0.4, 0.5) is 0 Å². The third kappa shape index (κ3) is 3.78. The number of nitrogens with zero attached hydrogens (tertiary/aromatic N) is 2. The van der Waals surface area contributed by atoms with Gasteiger partial charge in [0.25, 0.3) is 5.91 Å². The van der Waals surface area contributed by atoms with Gasteiger partial charge in [-0.25, -0.2) is 0 Å². The SMILES string of the molecule is O=C(c1ccc(Cl)s1)N1CCCC(COc2ccncc2)C1. The van der Waals surface area contributed by atoms with Crippen LogP contribution in [0.25, 0.3) is 0 Å². The highest BCUT2D eigenvalue weighted by Gasteiger charge is 2.25. The highest BCUT2D eigenvalue weighted by molar-refractivity contribution is 7.17. The summed E-state index contributed by atoms with van der Waals surface area (Å²) in [4.78, 5) is 19.0. The normalized spacial score (nSPS) is 18.2. The lowest BCUT2D eigenvalue weighted by atomic mass is 9.99. The standard InChI is InChI=1S/C16H17ClN2O2S/c17-15-4-3-14(22-15)16(20)19-9-1-2-12(10-19)11-21-13-5-7-18-8-6-13/h3-8,12H,1-2,9-11H2. The minimum atomic E-state index is 0.0745. The monoisotopic (exact) mass is 336 g/mol. The van der Waals surface area contributed by atoms with Crippen molar-refractivity contribution in [3.05, 3.63) is 45.9 Å². The van der Waals surface area contributed by atoms with Crippen molar-refractivity contribution in [3.8, 4) is 5.75 Å². The average Bonchev–Trinajstić information content (AvgIpc) is 3.00. The Bertz CT molecular complexity index is 632. The molecule has 1 saturated heterocycles. The molecule has 0 spiro atoms. The van der Waals surface area contributed by atoms with Crippen molar-refractivity contribution in [3.63, 3.8) is 0 Å². The van der Waals surface area contributed by atoms with Crippen LogP contribution in [0.1, 0.15) is 22.5 Å². The number of amides is 1. The summed E-state index contributed by atoms with van der Waals surface area (Å²) in [7, 11) is 0. The number of hydrogen-bond donors (Lipinski definition) is 0. The molecule has 116 valence electrons. The highest BCUT2D eigenvalue weighted by atomic mass is 35.5. The molecule has 1 aliphatic heterocycles. The molecule has 0 N–H and O–H groups in total. The first-order valence-corrected chi connectivity index (χ1v) is 8.49. The molecule has 0 saturated carbocycles. The van der Waals surface area contributed by atoms with Crippen molar-refractivity contribution in [1.82, 2.24) is 9.88 Å². The van der Waals surface area contributed by atoms with Gasteiger partial charge in [0.1, 0.15) is 5.75 Å². The number of carbonyl (C=O) groups excluding carboxylic acids is 1. The summed E-state index contributed by atoms with van der Waals surface area (Å²) in [6.07, 6.45) is 5.52. The largest absolute Gasteiger partial charge is 0.493 e. The van der Waals surface area contributed by atoms with Crippen LogP contribution in [0.2, 0.25) is 4.34 Å². The maximum atomic E-state index is 12.5. The number of piperidine rings is 1. The van der Waals surface area contributed by atoms with Crippen molar-refractivity contribution in [1.29, 1.82) is 0 Å². The summed E-state index contributed by atoms with van der Waals surface area (Å²) in [5, 5.41) is 0. The van der Waals surface area contributed by atoms with Gasteiger partial charge in [-0.3, -0.25) is 9.78 Å². The van der Waals surface area contributed by atoms with Crippen LogP contribution in [0.5, 0.6) is 5.75 Å². The number of thiophene rings is 1. The molecule has 1 aliphatic rings. The quantitative estimate of drug-likeness (QED) is 0.854. The topological polar surface area (TPSA) is 42.4 Å². The van der Waals surface area contributed by atoms with Crippen molar-refractivity contribution in [2.75, 3.05) is 19.7 Å². The third-order valence-electron chi connectivity index (χ3n) is 3.73. The Hall–Kier alpha value is -1.59. The second kappa shape index (κ2) is 7.11. The molecule has 0 radical (unpaired) electrons. The minimum Gasteiger partial charge on any atom is -0.493 e. The molecule has 0 aromatic carbocycles. The zero-order valence-electron chi connectivity index (χ0n) is 12.1. The van der Waals surface area contributed by atoms with Crippen LogP contribution in [-0.4, -0.2) is 35.5 Å². The van der Waals surface area contributed by atoms with Gasteiger partial charge >= 0.3 is 0 Å². The number of halogens is 1. The van der Waals surface area contributed by atoms with E-state index < -0.39 is 0 Å². The molecule has 2 aromatic rings. The van der Waals surface area contributed by atoms with Crippen molar-refractivity contribution in [2.45, 2.75) is 12.8 Å². The average molecular weight is 337 g/mol. The minimum absolute atomic E-state index is 0.0745. The Labute approximate surface area is 138 Å². The fraction of sp³-hybridized carbons (Fsp3) is 0.375. The number of pyridine rings is 1. The fourth-order valence-corrected chi connectivity index (χ4v) is 3.63. The Morgan fingerprint density at radius 3 is 2.91 bits per heavy atom. The third-order valence-corrected chi connectivity index (χ3v) is 4.94. The number of ether oxygens (including phenoxy) is 1. The smallest absolute Gasteiger partial charge is 0.263 e. The molecule has 0 aliphatic carbocycles. The molecule has 22 heavy (non-hydrogen) atoms. The summed E-state index contributed by atoms with van der Waals surface area (Å²) in [5.74, 6) is 1.26. The van der Waals surface area contributed by atoms with Crippen molar-refractivity contribution in [2.24, 2.45) is 5.92 Å². The molecule has 1 amide bonds. The Morgan fingerprint density at radius 2 is 2.18 bits per heavy atom. The van der Waals surface area contributed by atoms with Crippen molar-refractivity contribution < 1.29 is 9.53 Å². The lowest BCUT2D eigenvalue weighted by Crippen LogP contribution is -2.41. The second-order valence-electron chi connectivity index (χ2n) is 5.36. The first kappa shape index (κ1) is 15.3. The van der Waals surface area contributed by atoms with E-state index in [0.717, 1.165) is 31.7 Å². The van der Waals surface area contributed by atoms with Crippen molar-refractivity contribution >= 4 is 28.8 Å². The van der Waals surface area contributed by atoms with E-state index in [2.05, 4.69) is 4.98 Å². The lowest BCUT2D eigenvalue weighted by molar-refractivity contribution is 0.0638. The van der Waals surface area contributed by atoms with Gasteiger partial charge in [-0.15, -0.1) is 11.3 Å². The first-order valence-electron chi connectivity index (χ1n) is 7.30. The molecule has 1 unspecified atom stereocenters. The van der Waals surface area contributed by atoms with Gasteiger partial charge in [-0.2, -0.15) is 0 Å². The number of rotatable bonds is 4. The van der Waals surface area contributed by atoms with E-state index in [9.17, 15) is 4.79 Å². The predicted octanol–water partition coefficient (Wildman–Crippen LogP) is 3.73. The van der Waals surface area contributed by atoms with Crippen LogP contribution in [0.15, 0.2) is 36.7 Å². The van der Waals surface area contributed by atoms with Gasteiger partial charge in [0.15, 0.2) is 0 Å². The van der Waals surface area contributed by atoms with E-state index in [1.165, 1.54) is 11.3 Å². The van der Waals surface area contributed by atoms with E-state index in [1.807, 2.05) is 17.0 Å². The first-order chi connectivity index (χ1) is 10.7. The van der Waals surface area contributed by atoms with E-state index in [-0.39, 0.29) is 5.91 Å². The van der Waals surface area contributed by atoms with Gasteiger partial charge in [0.05, 0.1) is 15.8 Å². The maximum absolute atomic E-state index is 12.5. The summed E-state index contributed by atoms with van der Waals surface area (Å²) >= 11 is 7.25. The molecule has 3 rings (SSSR count). The molecule has 4 nitrogen and oxygen atoms in total. The summed E-state index contributed by atoms with van der Waals surface area (Å²) < 4.78 is 6.44. The van der Waals surface area contributed by atoms with Gasteiger partial charge in [-0.1, -0.05) is 11.6 Å². The molecule has 1 fully saturated rings. The summed E-state index contributed by atoms with van der Waals surface area (Å²) in [5.41, 5.74) is 0. The Morgan fingerprint density at radius 1 is 1.36 bits per heavy atom. The number of carbonyl (C=O) groups is 1. The van der Waals surface area contributed by atoms with Crippen LogP contribution in [-0.2, 0) is 0 Å². The molecular formula is C16H17ClN2O2S. The van der Waals surface area contributed by atoms with Crippen LogP contribution < -0.4 is 4.74 Å². The van der Waals surface area contributed by atoms with E-state index in [0.29, 0.717) is 21.7 Å². The molecular weight excluding hydrogens is 320 g/mol. The molecule has 0 bridgehead atoms. The van der Waals surface area contributed by atoms with Crippen LogP contribution in [0.3, 0.4) is 0 Å². The van der Waals surface area contributed by atoms with Gasteiger partial charge in [-0.05, 0) is 37.1 Å². The van der Waals surface area contributed by atoms with E-state index in [1.54, 1.807) is 24.5 Å². The Balaban J connectivity index is 1.56. The zero-order chi connectivity index (χ0) is 15.4. The van der Waals surface area contributed by atoms with Gasteiger partial charge in [0, 0.05) is 31.4 Å². The molecule has 6 heteroatoms. The predicted molar refractivity (Wildman–Crippen MR) is 87.7 cm³/mol. The van der Waals surface area contributed by atoms with Crippen LogP contribution >= 0.6 is 22.9 Å². The van der Waals surface area contributed by atoms with E-state index in [4.69, 9.17) is 16.3 Å². The number of aromatic nitrogens is 1. The van der Waals surface area contributed by atoms with Gasteiger partial charge in [0.2, 0.25) is 0 Å². The van der Waals surface area contributed by atoms with Gasteiger partial charge < -0.3 is 9.64 Å². The molecule has 2 aromatic heterocycles. The lowest BCUT2D eigenvalue weighted by Gasteiger charge is -2.32. The van der Waals surface area contributed by atoms with E-state index >= 15 is 0 Å². The number of likely N-dealkylation sites (tertiary alicyclic amines) is 1. The highest BCUT2D eigenvalue weighted by Crippen LogP contribution is 2.25.